The van der Waals surface area contributed by atoms with Crippen molar-refractivity contribution in [3.63, 3.8) is 0 Å². The summed E-state index contributed by atoms with van der Waals surface area (Å²) < 4.78 is 27.7. The first-order chi connectivity index (χ1) is 8.79. The maximum atomic E-state index is 11.4. The SMILES string of the molecule is CCC(=O)C(=O)Nc1ccc(OC)cc1S(N)(=O)=O. The Balaban J connectivity index is 3.21. The lowest BCUT2D eigenvalue weighted by molar-refractivity contribution is -0.134. The number of primary sulfonamides is 1. The van der Waals surface area contributed by atoms with Gasteiger partial charge in [-0.05, 0) is 12.1 Å². The summed E-state index contributed by atoms with van der Waals surface area (Å²) in [6.07, 6.45) is 0.0205. The van der Waals surface area contributed by atoms with Crippen molar-refractivity contribution in [3.05, 3.63) is 18.2 Å². The van der Waals surface area contributed by atoms with Crippen molar-refractivity contribution in [2.24, 2.45) is 5.14 Å². The largest absolute Gasteiger partial charge is 0.497 e. The van der Waals surface area contributed by atoms with Crippen LogP contribution in [0.3, 0.4) is 0 Å². The van der Waals surface area contributed by atoms with E-state index in [1.165, 1.54) is 32.2 Å². The molecule has 3 N–H and O–H groups in total. The minimum absolute atomic E-state index is 0.0205. The minimum atomic E-state index is -4.05. The molecule has 19 heavy (non-hydrogen) atoms. The quantitative estimate of drug-likeness (QED) is 0.753. The maximum absolute atomic E-state index is 11.4. The van der Waals surface area contributed by atoms with Crippen molar-refractivity contribution in [1.29, 1.82) is 0 Å². The monoisotopic (exact) mass is 286 g/mol. The number of ether oxygens (including phenoxy) is 1. The van der Waals surface area contributed by atoms with Gasteiger partial charge < -0.3 is 10.1 Å². The lowest BCUT2D eigenvalue weighted by Gasteiger charge is -2.10. The van der Waals surface area contributed by atoms with Crippen LogP contribution >= 0.6 is 0 Å². The van der Waals surface area contributed by atoms with Crippen LogP contribution in [-0.2, 0) is 19.6 Å². The van der Waals surface area contributed by atoms with Gasteiger partial charge in [0, 0.05) is 12.5 Å². The van der Waals surface area contributed by atoms with Gasteiger partial charge in [0.15, 0.2) is 0 Å². The van der Waals surface area contributed by atoms with Gasteiger partial charge in [-0.3, -0.25) is 9.59 Å². The number of hydrogen-bond acceptors (Lipinski definition) is 5. The molecule has 0 unspecified atom stereocenters. The molecule has 1 aromatic rings. The summed E-state index contributed by atoms with van der Waals surface area (Å²) in [6, 6.07) is 3.92. The van der Waals surface area contributed by atoms with Crippen LogP contribution in [0.2, 0.25) is 0 Å². The van der Waals surface area contributed by atoms with E-state index in [4.69, 9.17) is 9.88 Å². The van der Waals surface area contributed by atoms with Gasteiger partial charge >= 0.3 is 0 Å². The second kappa shape index (κ2) is 5.81. The second-order valence-corrected chi connectivity index (χ2v) is 5.17. The summed E-state index contributed by atoms with van der Waals surface area (Å²) in [5.74, 6) is -1.28. The van der Waals surface area contributed by atoms with Crippen LogP contribution in [-0.4, -0.2) is 27.2 Å². The molecular weight excluding hydrogens is 272 g/mol. The Morgan fingerprint density at radius 2 is 2.00 bits per heavy atom. The number of methoxy groups -OCH3 is 1. The summed E-state index contributed by atoms with van der Waals surface area (Å²) in [5, 5.41) is 7.26. The molecule has 0 heterocycles. The molecule has 0 radical (unpaired) electrons. The number of nitrogens with two attached hydrogens (primary N) is 1. The van der Waals surface area contributed by atoms with Gasteiger partial charge in [0.2, 0.25) is 15.8 Å². The normalized spacial score (nSPS) is 10.9. The number of ketones is 1. The summed E-state index contributed by atoms with van der Waals surface area (Å²) in [6.45, 7) is 1.52. The van der Waals surface area contributed by atoms with E-state index in [9.17, 15) is 18.0 Å². The molecule has 0 saturated heterocycles. The van der Waals surface area contributed by atoms with Gasteiger partial charge in [0.1, 0.15) is 10.6 Å². The standard InChI is InChI=1S/C11H14N2O5S/c1-3-9(14)11(15)13-8-5-4-7(18-2)6-10(8)19(12,16)17/h4-6H,3H2,1-2H3,(H,13,15)(H2,12,16,17). The van der Waals surface area contributed by atoms with Gasteiger partial charge in [0.05, 0.1) is 12.8 Å². The van der Waals surface area contributed by atoms with Crippen LogP contribution < -0.4 is 15.2 Å². The molecule has 8 heteroatoms. The molecule has 7 nitrogen and oxygen atoms in total. The molecular formula is C11H14N2O5S. The topological polar surface area (TPSA) is 116 Å². The number of amides is 1. The summed E-state index contributed by atoms with van der Waals surface area (Å²) in [4.78, 5) is 22.3. The van der Waals surface area contributed by atoms with Crippen molar-refractivity contribution in [2.75, 3.05) is 12.4 Å². The molecule has 0 spiro atoms. The van der Waals surface area contributed by atoms with E-state index in [1.54, 1.807) is 0 Å². The van der Waals surface area contributed by atoms with Gasteiger partial charge in [-0.15, -0.1) is 0 Å². The molecule has 0 aromatic heterocycles. The van der Waals surface area contributed by atoms with E-state index < -0.39 is 21.7 Å². The van der Waals surface area contributed by atoms with E-state index in [1.807, 2.05) is 0 Å². The molecule has 0 saturated carbocycles. The third-order valence-corrected chi connectivity index (χ3v) is 3.27. The molecule has 104 valence electrons. The Hall–Kier alpha value is -1.93. The Morgan fingerprint density at radius 3 is 2.47 bits per heavy atom. The van der Waals surface area contributed by atoms with Crippen LogP contribution in [0.15, 0.2) is 23.1 Å². The molecule has 0 aliphatic carbocycles. The van der Waals surface area contributed by atoms with Crippen LogP contribution in [0.25, 0.3) is 0 Å². The summed E-state index contributed by atoms with van der Waals surface area (Å²) in [7, 11) is -2.69. The predicted molar refractivity (Wildman–Crippen MR) is 68.3 cm³/mol. The number of rotatable bonds is 5. The lowest BCUT2D eigenvalue weighted by atomic mass is 10.2. The molecule has 0 atom stereocenters. The fourth-order valence-electron chi connectivity index (χ4n) is 1.32. The zero-order valence-electron chi connectivity index (χ0n) is 10.5. The summed E-state index contributed by atoms with van der Waals surface area (Å²) >= 11 is 0. The van der Waals surface area contributed by atoms with Gasteiger partial charge in [0.25, 0.3) is 5.91 Å². The van der Waals surface area contributed by atoms with Crippen molar-refractivity contribution < 1.29 is 22.7 Å². The highest BCUT2D eigenvalue weighted by Gasteiger charge is 2.19. The van der Waals surface area contributed by atoms with Crippen LogP contribution in [0.5, 0.6) is 5.75 Å². The van der Waals surface area contributed by atoms with Crippen molar-refractivity contribution in [3.8, 4) is 5.75 Å². The average Bonchev–Trinajstić information content (AvgIpc) is 2.36. The molecule has 1 rings (SSSR count). The van der Waals surface area contributed by atoms with E-state index >= 15 is 0 Å². The predicted octanol–water partition coefficient (Wildman–Crippen LogP) is 0.260. The van der Waals surface area contributed by atoms with Crippen molar-refractivity contribution in [1.82, 2.24) is 0 Å². The molecule has 0 fully saturated rings. The molecule has 0 bridgehead atoms. The van der Waals surface area contributed by atoms with Gasteiger partial charge in [-0.2, -0.15) is 0 Å². The second-order valence-electron chi connectivity index (χ2n) is 3.64. The first kappa shape index (κ1) is 15.1. The Kier molecular flexibility index (Phi) is 4.62. The number of carbonyl (C=O) groups is 2. The van der Waals surface area contributed by atoms with Crippen molar-refractivity contribution >= 4 is 27.4 Å². The number of nitrogens with one attached hydrogen (secondary N) is 1. The lowest BCUT2D eigenvalue weighted by Crippen LogP contribution is -2.24. The number of benzene rings is 1. The number of anilines is 1. The molecule has 0 aliphatic rings. The number of carbonyl (C=O) groups excluding carboxylic acids is 2. The molecule has 1 amide bonds. The highest BCUT2D eigenvalue weighted by molar-refractivity contribution is 7.89. The van der Waals surface area contributed by atoms with Crippen molar-refractivity contribution in [2.45, 2.75) is 18.2 Å². The first-order valence-electron chi connectivity index (χ1n) is 5.34. The smallest absolute Gasteiger partial charge is 0.291 e. The first-order valence-corrected chi connectivity index (χ1v) is 6.89. The molecule has 1 aromatic carbocycles. The highest BCUT2D eigenvalue weighted by Crippen LogP contribution is 2.25. The average molecular weight is 286 g/mol. The Bertz CT molecular complexity index is 610. The van der Waals surface area contributed by atoms with Crippen LogP contribution in [0.4, 0.5) is 5.69 Å². The number of Topliss-reactive ketones (excluding diaryl/α,β-unsaturated/α-hetero) is 1. The number of sulfonamides is 1. The maximum Gasteiger partial charge on any atom is 0.291 e. The van der Waals surface area contributed by atoms with E-state index in [0.717, 1.165) is 0 Å². The molecule has 0 aliphatic heterocycles. The van der Waals surface area contributed by atoms with E-state index in [2.05, 4.69) is 5.32 Å². The number of hydrogen-bond donors (Lipinski definition) is 2. The third kappa shape index (κ3) is 3.76. The fourth-order valence-corrected chi connectivity index (χ4v) is 2.03. The summed E-state index contributed by atoms with van der Waals surface area (Å²) in [5.41, 5.74) is -0.0601. The van der Waals surface area contributed by atoms with Gasteiger partial charge in [-0.1, -0.05) is 6.92 Å². The minimum Gasteiger partial charge on any atom is -0.497 e. The Morgan fingerprint density at radius 1 is 1.37 bits per heavy atom. The fraction of sp³-hybridized carbons (Fsp3) is 0.273. The zero-order valence-corrected chi connectivity index (χ0v) is 11.3. The van der Waals surface area contributed by atoms with Gasteiger partial charge in [-0.25, -0.2) is 13.6 Å². The van der Waals surface area contributed by atoms with Crippen LogP contribution in [0.1, 0.15) is 13.3 Å². The zero-order chi connectivity index (χ0) is 14.6. The van der Waals surface area contributed by atoms with E-state index in [-0.39, 0.29) is 22.8 Å². The third-order valence-electron chi connectivity index (χ3n) is 2.32. The Labute approximate surface area is 110 Å². The van der Waals surface area contributed by atoms with Crippen LogP contribution in [0, 0.1) is 0 Å². The van der Waals surface area contributed by atoms with E-state index in [0.29, 0.717) is 0 Å². The highest BCUT2D eigenvalue weighted by atomic mass is 32.2.